The van der Waals surface area contributed by atoms with Crippen LogP contribution in [0.1, 0.15) is 59.3 Å². The van der Waals surface area contributed by atoms with Crippen LogP contribution in [0.4, 0.5) is 10.5 Å². The Morgan fingerprint density at radius 1 is 1.13 bits per heavy atom. The maximum absolute atomic E-state index is 13.6. The largest absolute Gasteiger partial charge is 0.422 e. The fraction of sp³-hybridized carbons (Fsp3) is 0.533. The van der Waals surface area contributed by atoms with Gasteiger partial charge in [0.1, 0.15) is 5.75 Å². The third kappa shape index (κ3) is 7.42. The smallest absolute Gasteiger partial charge is 0.410 e. The van der Waals surface area contributed by atoms with Crippen molar-refractivity contribution in [3.8, 4) is 5.75 Å². The first-order chi connectivity index (χ1) is 18.6. The van der Waals surface area contributed by atoms with Gasteiger partial charge in [0.25, 0.3) is 5.69 Å². The number of ether oxygens (including phenoxy) is 3. The summed E-state index contributed by atoms with van der Waals surface area (Å²) in [7, 11) is 0. The number of imide groups is 1. The molecule has 1 aromatic carbocycles. The van der Waals surface area contributed by atoms with E-state index in [1.807, 2.05) is 18.2 Å². The quantitative estimate of drug-likeness (QED) is 0.266. The third-order valence-corrected chi connectivity index (χ3v) is 7.70. The van der Waals surface area contributed by atoms with E-state index in [4.69, 9.17) is 14.2 Å². The van der Waals surface area contributed by atoms with Gasteiger partial charge in [-0.1, -0.05) is 50.6 Å². The maximum atomic E-state index is 13.6. The van der Waals surface area contributed by atoms with Gasteiger partial charge >= 0.3 is 6.09 Å². The lowest BCUT2D eigenvalue weighted by Gasteiger charge is -2.43. The van der Waals surface area contributed by atoms with E-state index in [0.29, 0.717) is 13.2 Å². The average molecular weight is 539 g/mol. The molecule has 1 aliphatic heterocycles. The maximum Gasteiger partial charge on any atom is 0.422 e. The van der Waals surface area contributed by atoms with Crippen molar-refractivity contribution in [3.63, 3.8) is 0 Å². The molecule has 9 nitrogen and oxygen atoms in total. The molecule has 2 fully saturated rings. The Balaban J connectivity index is 1.67. The molecule has 1 saturated carbocycles. The summed E-state index contributed by atoms with van der Waals surface area (Å²) < 4.78 is 17.7. The van der Waals surface area contributed by atoms with Crippen molar-refractivity contribution < 1.29 is 28.7 Å². The number of benzene rings is 1. The van der Waals surface area contributed by atoms with Crippen LogP contribution in [0.5, 0.6) is 5.75 Å². The highest BCUT2D eigenvalue weighted by atomic mass is 16.7. The predicted octanol–water partition coefficient (Wildman–Crippen LogP) is 6.35. The lowest BCUT2D eigenvalue weighted by Crippen LogP contribution is -2.53. The van der Waals surface area contributed by atoms with Gasteiger partial charge in [0.2, 0.25) is 5.91 Å². The molecule has 0 aromatic heterocycles. The van der Waals surface area contributed by atoms with Crippen LogP contribution < -0.4 is 4.74 Å². The number of nitrogens with zero attached hydrogens (tertiary/aromatic N) is 2. The van der Waals surface area contributed by atoms with Gasteiger partial charge < -0.3 is 14.2 Å². The molecule has 0 radical (unpaired) electrons. The number of nitro groups is 1. The molecule has 0 spiro atoms. The van der Waals surface area contributed by atoms with Crippen LogP contribution in [0.3, 0.4) is 0 Å². The molecule has 3 aliphatic rings. The first kappa shape index (κ1) is 28.7. The van der Waals surface area contributed by atoms with E-state index in [2.05, 4.69) is 26.0 Å². The van der Waals surface area contributed by atoms with Crippen LogP contribution >= 0.6 is 0 Å². The second-order valence-corrected chi connectivity index (χ2v) is 11.1. The molecular formula is C30H38N2O7. The zero-order chi connectivity index (χ0) is 28.0. The monoisotopic (exact) mass is 538 g/mol. The molecule has 1 aromatic rings. The lowest BCUT2D eigenvalue weighted by atomic mass is 9.71. The third-order valence-electron chi connectivity index (χ3n) is 7.70. The second-order valence-electron chi connectivity index (χ2n) is 11.1. The Kier molecular flexibility index (Phi) is 9.35. The van der Waals surface area contributed by atoms with Crippen molar-refractivity contribution in [1.29, 1.82) is 0 Å². The van der Waals surface area contributed by atoms with Gasteiger partial charge in [-0.2, -0.15) is 0 Å². The molecule has 4 rings (SSSR count). The number of hydrogen-bond acceptors (Lipinski definition) is 7. The topological polar surface area (TPSA) is 108 Å². The summed E-state index contributed by atoms with van der Waals surface area (Å²) in [5.41, 5.74) is 0.505. The molecule has 2 amide bonds. The highest BCUT2D eigenvalue weighted by Crippen LogP contribution is 2.41. The minimum absolute atomic E-state index is 0.119. The van der Waals surface area contributed by atoms with Gasteiger partial charge in [-0.25, -0.2) is 9.69 Å². The minimum Gasteiger partial charge on any atom is -0.410 e. The van der Waals surface area contributed by atoms with E-state index >= 15 is 0 Å². The number of rotatable bonds is 9. The summed E-state index contributed by atoms with van der Waals surface area (Å²) in [6.45, 7) is 6.53. The average Bonchev–Trinajstić information content (AvgIpc) is 3.04. The SMILES string of the molecule is CC(=O)N(C(=O)Oc1ccc([N+](=O)[O-])cc1)C(C1=CC=CC(C)(C)C=C1)[C@H](COC1CCCCO1)C1CCC1. The van der Waals surface area contributed by atoms with Crippen molar-refractivity contribution in [2.75, 3.05) is 13.2 Å². The molecule has 39 heavy (non-hydrogen) atoms. The van der Waals surface area contributed by atoms with E-state index in [1.165, 1.54) is 36.1 Å². The van der Waals surface area contributed by atoms with Crippen molar-refractivity contribution in [3.05, 3.63) is 70.3 Å². The number of allylic oxidation sites excluding steroid dienone is 4. The zero-order valence-corrected chi connectivity index (χ0v) is 22.9. The molecule has 0 N–H and O–H groups in total. The number of carbonyl (C=O) groups excluding carboxylic acids is 2. The standard InChI is InChI=1S/C30H38N2O7/c1-21(33)31(29(34)39-25-14-12-24(13-15-25)32(35)36)28(23-10-7-17-30(2,3)18-16-23)26(22-8-6-9-22)20-38-27-11-4-5-19-37-27/h7,10,12-18,22,26-28H,4-6,8-9,11,19-20H2,1-3H3/t26-,27?,28?/m1/s1. The number of amides is 2. The Morgan fingerprint density at radius 2 is 1.87 bits per heavy atom. The highest BCUT2D eigenvalue weighted by Gasteiger charge is 2.43. The van der Waals surface area contributed by atoms with Gasteiger partial charge in [-0.15, -0.1) is 0 Å². The van der Waals surface area contributed by atoms with E-state index in [1.54, 1.807) is 0 Å². The molecule has 3 atom stereocenters. The predicted molar refractivity (Wildman–Crippen MR) is 146 cm³/mol. The van der Waals surface area contributed by atoms with Gasteiger partial charge in [-0.05, 0) is 55.7 Å². The van der Waals surface area contributed by atoms with Crippen molar-refractivity contribution >= 4 is 17.7 Å². The van der Waals surface area contributed by atoms with Crippen LogP contribution in [-0.2, 0) is 14.3 Å². The molecule has 1 heterocycles. The Labute approximate surface area is 229 Å². The second kappa shape index (κ2) is 12.7. The number of nitro benzene ring substituents is 1. The van der Waals surface area contributed by atoms with Crippen molar-refractivity contribution in [2.24, 2.45) is 17.3 Å². The minimum atomic E-state index is -0.832. The van der Waals surface area contributed by atoms with Crippen molar-refractivity contribution in [1.82, 2.24) is 4.90 Å². The first-order valence-corrected chi connectivity index (χ1v) is 13.7. The molecule has 210 valence electrons. The summed E-state index contributed by atoms with van der Waals surface area (Å²) >= 11 is 0. The Morgan fingerprint density at radius 3 is 2.46 bits per heavy atom. The first-order valence-electron chi connectivity index (χ1n) is 13.7. The number of carbonyl (C=O) groups is 2. The Bertz CT molecular complexity index is 1130. The summed E-state index contributed by atoms with van der Waals surface area (Å²) in [5, 5.41) is 11.0. The number of non-ortho nitro benzene ring substituents is 1. The lowest BCUT2D eigenvalue weighted by molar-refractivity contribution is -0.384. The van der Waals surface area contributed by atoms with Crippen LogP contribution in [-0.4, -0.2) is 47.4 Å². The zero-order valence-electron chi connectivity index (χ0n) is 22.9. The normalized spacial score (nSPS) is 22.1. The fourth-order valence-corrected chi connectivity index (χ4v) is 5.25. The summed E-state index contributed by atoms with van der Waals surface area (Å²) in [5.74, 6) is -0.230. The summed E-state index contributed by atoms with van der Waals surface area (Å²) in [6, 6.07) is 4.60. The molecular weight excluding hydrogens is 500 g/mol. The van der Waals surface area contributed by atoms with E-state index in [0.717, 1.165) is 44.1 Å². The van der Waals surface area contributed by atoms with Crippen LogP contribution in [0.2, 0.25) is 0 Å². The van der Waals surface area contributed by atoms with E-state index < -0.39 is 23.0 Å². The van der Waals surface area contributed by atoms with E-state index in [-0.39, 0.29) is 35.0 Å². The van der Waals surface area contributed by atoms with Crippen LogP contribution in [0.15, 0.2) is 60.2 Å². The van der Waals surface area contributed by atoms with Gasteiger partial charge in [0.15, 0.2) is 6.29 Å². The highest BCUT2D eigenvalue weighted by molar-refractivity contribution is 5.92. The molecule has 1 saturated heterocycles. The van der Waals surface area contributed by atoms with Gasteiger partial charge in [0, 0.05) is 37.0 Å². The Hall–Kier alpha value is -3.30. The number of hydrogen-bond donors (Lipinski definition) is 0. The molecule has 9 heteroatoms. The summed E-state index contributed by atoms with van der Waals surface area (Å²) in [4.78, 5) is 38.5. The van der Waals surface area contributed by atoms with Crippen molar-refractivity contribution in [2.45, 2.75) is 71.6 Å². The van der Waals surface area contributed by atoms with Gasteiger partial charge in [0.05, 0.1) is 17.6 Å². The summed E-state index contributed by atoms with van der Waals surface area (Å²) in [6.07, 6.45) is 14.8. The molecule has 0 bridgehead atoms. The van der Waals surface area contributed by atoms with E-state index in [9.17, 15) is 19.7 Å². The van der Waals surface area contributed by atoms with Crippen LogP contribution in [0.25, 0.3) is 0 Å². The van der Waals surface area contributed by atoms with Crippen LogP contribution in [0, 0.1) is 27.4 Å². The fourth-order valence-electron chi connectivity index (χ4n) is 5.25. The van der Waals surface area contributed by atoms with Gasteiger partial charge in [-0.3, -0.25) is 14.9 Å². The molecule has 2 unspecified atom stereocenters. The molecule has 2 aliphatic carbocycles.